The fourth-order valence-electron chi connectivity index (χ4n) is 3.94. The first kappa shape index (κ1) is 24.0. The van der Waals surface area contributed by atoms with E-state index in [4.69, 9.17) is 9.72 Å². The first-order valence-electron chi connectivity index (χ1n) is 11.0. The van der Waals surface area contributed by atoms with E-state index in [0.717, 1.165) is 49.4 Å². The molecule has 1 aliphatic carbocycles. The smallest absolute Gasteiger partial charge is 0.321 e. The van der Waals surface area contributed by atoms with E-state index in [0.29, 0.717) is 26.8 Å². The van der Waals surface area contributed by atoms with Gasteiger partial charge in [0.15, 0.2) is 5.16 Å². The zero-order valence-corrected chi connectivity index (χ0v) is 20.5. The Bertz CT molecular complexity index is 1300. The van der Waals surface area contributed by atoms with Gasteiger partial charge in [-0.25, -0.2) is 9.78 Å². The SMILES string of the molecule is C=CCNC(=O)NC(=O)CSc1nc2sc3c(c2c(=O)n1-c1cccc(OC)c1)CCCCC3. The maximum Gasteiger partial charge on any atom is 0.321 e. The van der Waals surface area contributed by atoms with E-state index in [2.05, 4.69) is 17.2 Å². The van der Waals surface area contributed by atoms with Gasteiger partial charge in [-0.3, -0.25) is 19.5 Å². The fraction of sp³-hybridized carbons (Fsp3) is 0.333. The first-order chi connectivity index (χ1) is 16.5. The van der Waals surface area contributed by atoms with Crippen LogP contribution in [0.3, 0.4) is 0 Å². The van der Waals surface area contributed by atoms with Crippen LogP contribution in [-0.2, 0) is 17.6 Å². The molecule has 178 valence electrons. The molecule has 0 spiro atoms. The largest absolute Gasteiger partial charge is 0.497 e. The van der Waals surface area contributed by atoms with E-state index >= 15 is 0 Å². The van der Waals surface area contributed by atoms with E-state index in [1.807, 2.05) is 12.1 Å². The minimum Gasteiger partial charge on any atom is -0.497 e. The van der Waals surface area contributed by atoms with Crippen molar-refractivity contribution in [2.45, 2.75) is 37.3 Å². The zero-order chi connectivity index (χ0) is 24.1. The van der Waals surface area contributed by atoms with Crippen LogP contribution >= 0.6 is 23.1 Å². The third-order valence-electron chi connectivity index (χ3n) is 5.51. The monoisotopic (exact) mass is 498 g/mol. The van der Waals surface area contributed by atoms with Gasteiger partial charge in [0.2, 0.25) is 5.91 Å². The molecule has 10 heteroatoms. The molecule has 0 atom stereocenters. The van der Waals surface area contributed by atoms with Crippen molar-refractivity contribution in [3.8, 4) is 11.4 Å². The average Bonchev–Trinajstić information content (AvgIpc) is 3.02. The minimum atomic E-state index is -0.596. The summed E-state index contributed by atoms with van der Waals surface area (Å²) in [7, 11) is 1.57. The maximum atomic E-state index is 13.8. The molecule has 2 heterocycles. The molecule has 8 nitrogen and oxygen atoms in total. The summed E-state index contributed by atoms with van der Waals surface area (Å²) in [5, 5.41) is 5.83. The highest BCUT2D eigenvalue weighted by Gasteiger charge is 2.23. The summed E-state index contributed by atoms with van der Waals surface area (Å²) in [6, 6.07) is 6.60. The van der Waals surface area contributed by atoms with Gasteiger partial charge in [0.25, 0.3) is 5.56 Å². The molecule has 1 aromatic carbocycles. The van der Waals surface area contributed by atoms with Gasteiger partial charge in [0.1, 0.15) is 10.6 Å². The fourth-order valence-corrected chi connectivity index (χ4v) is 6.05. The van der Waals surface area contributed by atoms with Crippen molar-refractivity contribution in [2.75, 3.05) is 19.4 Å². The molecule has 34 heavy (non-hydrogen) atoms. The van der Waals surface area contributed by atoms with Crippen molar-refractivity contribution in [1.29, 1.82) is 0 Å². The molecule has 3 aromatic rings. The molecule has 0 fully saturated rings. The number of amides is 3. The number of carbonyl (C=O) groups excluding carboxylic acids is 2. The quantitative estimate of drug-likeness (QED) is 0.222. The van der Waals surface area contributed by atoms with Crippen molar-refractivity contribution in [3.63, 3.8) is 0 Å². The highest BCUT2D eigenvalue weighted by Crippen LogP contribution is 2.34. The molecule has 0 radical (unpaired) electrons. The number of thioether (sulfide) groups is 1. The Morgan fingerprint density at radius 3 is 2.91 bits per heavy atom. The van der Waals surface area contributed by atoms with Crippen LogP contribution in [0.4, 0.5) is 4.79 Å². The number of thiophene rings is 1. The Morgan fingerprint density at radius 2 is 2.12 bits per heavy atom. The van der Waals surface area contributed by atoms with Crippen LogP contribution in [0.5, 0.6) is 5.75 Å². The minimum absolute atomic E-state index is 0.0749. The summed E-state index contributed by atoms with van der Waals surface area (Å²) >= 11 is 2.68. The van der Waals surface area contributed by atoms with Crippen molar-refractivity contribution < 1.29 is 14.3 Å². The lowest BCUT2D eigenvalue weighted by Crippen LogP contribution is -2.40. The lowest BCUT2D eigenvalue weighted by atomic mass is 10.1. The van der Waals surface area contributed by atoms with E-state index in [1.165, 1.54) is 11.0 Å². The number of methoxy groups -OCH3 is 1. The molecule has 4 rings (SSSR count). The van der Waals surface area contributed by atoms with Crippen LogP contribution in [-0.4, -0.2) is 40.9 Å². The molecule has 0 saturated carbocycles. The van der Waals surface area contributed by atoms with Gasteiger partial charge in [0, 0.05) is 17.5 Å². The topological polar surface area (TPSA) is 102 Å². The summed E-state index contributed by atoms with van der Waals surface area (Å²) in [6.07, 6.45) is 6.68. The second-order valence-electron chi connectivity index (χ2n) is 7.82. The summed E-state index contributed by atoms with van der Waals surface area (Å²) in [4.78, 5) is 44.7. The van der Waals surface area contributed by atoms with Crippen molar-refractivity contribution >= 4 is 45.3 Å². The number of hydrogen-bond donors (Lipinski definition) is 2. The average molecular weight is 499 g/mol. The van der Waals surface area contributed by atoms with Crippen LogP contribution in [0.2, 0.25) is 0 Å². The van der Waals surface area contributed by atoms with Gasteiger partial charge in [-0.2, -0.15) is 0 Å². The highest BCUT2D eigenvalue weighted by molar-refractivity contribution is 7.99. The van der Waals surface area contributed by atoms with Crippen LogP contribution in [0, 0.1) is 0 Å². The van der Waals surface area contributed by atoms with Gasteiger partial charge in [-0.1, -0.05) is 30.3 Å². The third kappa shape index (κ3) is 5.18. The number of fused-ring (bicyclic) bond motifs is 3. The Labute approximate surface area is 205 Å². The number of nitrogens with zero attached hydrogens (tertiary/aromatic N) is 2. The van der Waals surface area contributed by atoms with Gasteiger partial charge in [-0.15, -0.1) is 17.9 Å². The lowest BCUT2D eigenvalue weighted by molar-refractivity contribution is -0.117. The predicted molar refractivity (Wildman–Crippen MR) is 135 cm³/mol. The maximum absolute atomic E-state index is 13.8. The summed E-state index contributed by atoms with van der Waals surface area (Å²) in [6.45, 7) is 3.77. The van der Waals surface area contributed by atoms with Crippen LogP contribution < -0.4 is 20.9 Å². The number of hydrogen-bond acceptors (Lipinski definition) is 7. The van der Waals surface area contributed by atoms with E-state index in [-0.39, 0.29) is 17.9 Å². The summed E-state index contributed by atoms with van der Waals surface area (Å²) < 4.78 is 6.89. The van der Waals surface area contributed by atoms with Gasteiger partial charge in [0.05, 0.1) is 23.9 Å². The van der Waals surface area contributed by atoms with Crippen LogP contribution in [0.25, 0.3) is 15.9 Å². The number of benzene rings is 1. The first-order valence-corrected chi connectivity index (χ1v) is 12.8. The number of carbonyl (C=O) groups is 2. The number of imide groups is 1. The predicted octanol–water partition coefficient (Wildman–Crippen LogP) is 3.83. The molecule has 0 saturated heterocycles. The van der Waals surface area contributed by atoms with Crippen molar-refractivity contribution in [2.24, 2.45) is 0 Å². The Kier molecular flexibility index (Phi) is 7.69. The van der Waals surface area contributed by atoms with Crippen LogP contribution in [0.1, 0.15) is 29.7 Å². The molecule has 0 aliphatic heterocycles. The number of aryl methyl sites for hydroxylation is 2. The van der Waals surface area contributed by atoms with Crippen molar-refractivity contribution in [1.82, 2.24) is 20.2 Å². The zero-order valence-electron chi connectivity index (χ0n) is 18.9. The molecule has 2 N–H and O–H groups in total. The third-order valence-corrected chi connectivity index (χ3v) is 7.64. The van der Waals surface area contributed by atoms with E-state index < -0.39 is 11.9 Å². The number of aromatic nitrogens is 2. The van der Waals surface area contributed by atoms with E-state index in [9.17, 15) is 14.4 Å². The van der Waals surface area contributed by atoms with Crippen molar-refractivity contribution in [3.05, 3.63) is 57.7 Å². The van der Waals surface area contributed by atoms with Gasteiger partial charge in [-0.05, 0) is 43.4 Å². The second-order valence-corrected chi connectivity index (χ2v) is 9.84. The molecule has 0 bridgehead atoms. The normalized spacial score (nSPS) is 13.1. The highest BCUT2D eigenvalue weighted by atomic mass is 32.2. The Hall–Kier alpha value is -3.11. The van der Waals surface area contributed by atoms with Gasteiger partial charge >= 0.3 is 6.03 Å². The number of ether oxygens (including phenoxy) is 1. The van der Waals surface area contributed by atoms with E-state index in [1.54, 1.807) is 35.1 Å². The van der Waals surface area contributed by atoms with Gasteiger partial charge < -0.3 is 10.1 Å². The summed E-state index contributed by atoms with van der Waals surface area (Å²) in [5.74, 6) is 0.0513. The molecule has 0 unspecified atom stereocenters. The summed E-state index contributed by atoms with van der Waals surface area (Å²) in [5.41, 5.74) is 1.57. The second kappa shape index (κ2) is 10.9. The standard InChI is InChI=1S/C24H26N4O4S2/c1-3-12-25-23(31)26-19(29)14-33-24-27-21-20(17-10-5-4-6-11-18(17)34-21)22(30)28(24)15-8-7-9-16(13-15)32-2/h3,7-9,13H,1,4-6,10-12,14H2,2H3,(H2,25,26,29,31). The van der Waals surface area contributed by atoms with Crippen LogP contribution in [0.15, 0.2) is 46.9 Å². The lowest BCUT2D eigenvalue weighted by Gasteiger charge is -2.13. The molecular weight excluding hydrogens is 472 g/mol. The number of urea groups is 1. The Balaban J connectivity index is 1.74. The molecule has 3 amide bonds. The number of nitrogens with one attached hydrogen (secondary N) is 2. The molecule has 1 aliphatic rings. The molecule has 2 aromatic heterocycles. The number of rotatable bonds is 7. The Morgan fingerprint density at radius 1 is 1.29 bits per heavy atom. The molecular formula is C24H26N4O4S2.